The van der Waals surface area contributed by atoms with E-state index in [0.29, 0.717) is 10.6 Å². The minimum atomic E-state index is -0.515. The van der Waals surface area contributed by atoms with Gasteiger partial charge in [-0.25, -0.2) is 4.39 Å². The van der Waals surface area contributed by atoms with E-state index in [1.165, 1.54) is 6.07 Å². The molecule has 0 heterocycles. The molecule has 3 aromatic rings. The van der Waals surface area contributed by atoms with Crippen molar-refractivity contribution in [1.82, 2.24) is 0 Å². The van der Waals surface area contributed by atoms with E-state index in [-0.39, 0.29) is 5.82 Å². The number of halogens is 2. The third-order valence-corrected chi connectivity index (χ3v) is 3.81. The van der Waals surface area contributed by atoms with Gasteiger partial charge in [-0.2, -0.15) is 0 Å². The van der Waals surface area contributed by atoms with Crippen molar-refractivity contribution >= 4 is 22.4 Å². The molecule has 0 bridgehead atoms. The van der Waals surface area contributed by atoms with Crippen LogP contribution in [0.15, 0.2) is 60.7 Å². The van der Waals surface area contributed by atoms with Gasteiger partial charge in [0.05, 0.1) is 6.04 Å². The number of rotatable bonds is 2. The van der Waals surface area contributed by atoms with Gasteiger partial charge in [0.2, 0.25) is 0 Å². The summed E-state index contributed by atoms with van der Waals surface area (Å²) < 4.78 is 13.9. The highest BCUT2D eigenvalue weighted by Gasteiger charge is 2.16. The molecule has 100 valence electrons. The second-order valence-corrected chi connectivity index (χ2v) is 5.09. The van der Waals surface area contributed by atoms with Crippen LogP contribution < -0.4 is 5.73 Å². The monoisotopic (exact) mass is 285 g/mol. The number of benzene rings is 3. The van der Waals surface area contributed by atoms with Crippen LogP contribution in [-0.2, 0) is 0 Å². The van der Waals surface area contributed by atoms with Crippen LogP contribution in [0.1, 0.15) is 17.2 Å². The van der Waals surface area contributed by atoms with E-state index in [4.69, 9.17) is 17.3 Å². The van der Waals surface area contributed by atoms with Crippen LogP contribution in [-0.4, -0.2) is 0 Å². The van der Waals surface area contributed by atoms with E-state index >= 15 is 0 Å². The molecule has 2 N–H and O–H groups in total. The lowest BCUT2D eigenvalue weighted by Gasteiger charge is -2.16. The van der Waals surface area contributed by atoms with Crippen LogP contribution in [0.2, 0.25) is 5.02 Å². The lowest BCUT2D eigenvalue weighted by atomic mass is 9.94. The van der Waals surface area contributed by atoms with Crippen LogP contribution in [0.4, 0.5) is 4.39 Å². The van der Waals surface area contributed by atoms with Crippen LogP contribution in [0.3, 0.4) is 0 Å². The molecule has 0 fully saturated rings. The molecule has 0 saturated carbocycles. The van der Waals surface area contributed by atoms with Crippen molar-refractivity contribution in [2.45, 2.75) is 6.04 Å². The Morgan fingerprint density at radius 1 is 0.800 bits per heavy atom. The molecule has 0 aliphatic carbocycles. The van der Waals surface area contributed by atoms with Crippen molar-refractivity contribution < 1.29 is 4.39 Å². The Morgan fingerprint density at radius 2 is 1.45 bits per heavy atom. The normalized spacial score (nSPS) is 12.6. The third-order valence-electron chi connectivity index (χ3n) is 3.48. The maximum Gasteiger partial charge on any atom is 0.128 e. The first-order valence-electron chi connectivity index (χ1n) is 6.35. The van der Waals surface area contributed by atoms with Gasteiger partial charge in [-0.15, -0.1) is 0 Å². The van der Waals surface area contributed by atoms with Crippen LogP contribution in [0.25, 0.3) is 10.8 Å². The Labute approximate surface area is 121 Å². The fourth-order valence-electron chi connectivity index (χ4n) is 2.45. The summed E-state index contributed by atoms with van der Waals surface area (Å²) in [6.07, 6.45) is 0. The molecule has 1 unspecified atom stereocenters. The zero-order valence-corrected chi connectivity index (χ0v) is 11.4. The van der Waals surface area contributed by atoms with Gasteiger partial charge in [0.25, 0.3) is 0 Å². The van der Waals surface area contributed by atoms with Gasteiger partial charge in [0.1, 0.15) is 5.82 Å². The Hall–Kier alpha value is -1.90. The van der Waals surface area contributed by atoms with Gasteiger partial charge in [0, 0.05) is 16.0 Å². The van der Waals surface area contributed by atoms with Crippen molar-refractivity contribution in [3.8, 4) is 0 Å². The van der Waals surface area contributed by atoms with Crippen molar-refractivity contribution in [1.29, 1.82) is 0 Å². The highest BCUT2D eigenvalue weighted by molar-refractivity contribution is 6.35. The molecule has 3 rings (SSSR count). The van der Waals surface area contributed by atoms with Gasteiger partial charge < -0.3 is 5.73 Å². The molecule has 0 aromatic heterocycles. The maximum atomic E-state index is 13.9. The molecule has 3 aromatic carbocycles. The van der Waals surface area contributed by atoms with E-state index < -0.39 is 6.04 Å². The van der Waals surface area contributed by atoms with E-state index in [1.54, 1.807) is 24.3 Å². The molecule has 0 amide bonds. The standard InChI is InChI=1S/C17H13ClFN/c18-15-10-9-13(11-5-1-2-6-12(11)15)17(20)14-7-3-4-8-16(14)19/h1-10,17H,20H2. The highest BCUT2D eigenvalue weighted by Crippen LogP contribution is 2.32. The Kier molecular flexibility index (Phi) is 3.43. The number of fused-ring (bicyclic) bond motifs is 1. The largest absolute Gasteiger partial charge is 0.320 e. The van der Waals surface area contributed by atoms with E-state index in [1.807, 2.05) is 30.3 Å². The van der Waals surface area contributed by atoms with Crippen molar-refractivity contribution in [2.75, 3.05) is 0 Å². The van der Waals surface area contributed by atoms with Gasteiger partial charge in [-0.05, 0) is 23.1 Å². The predicted octanol–water partition coefficient (Wildman–Crippen LogP) is 4.68. The van der Waals surface area contributed by atoms with Crippen LogP contribution in [0, 0.1) is 5.82 Å². The van der Waals surface area contributed by atoms with Gasteiger partial charge in [0.15, 0.2) is 0 Å². The smallest absolute Gasteiger partial charge is 0.128 e. The SMILES string of the molecule is NC(c1ccccc1F)c1ccc(Cl)c2ccccc12. The summed E-state index contributed by atoms with van der Waals surface area (Å²) in [5.74, 6) is -0.293. The summed E-state index contributed by atoms with van der Waals surface area (Å²) in [6, 6.07) is 17.5. The topological polar surface area (TPSA) is 26.0 Å². The molecule has 1 nitrogen and oxygen atoms in total. The number of nitrogens with two attached hydrogens (primary N) is 1. The molecule has 3 heteroatoms. The fourth-order valence-corrected chi connectivity index (χ4v) is 2.68. The quantitative estimate of drug-likeness (QED) is 0.727. The average molecular weight is 286 g/mol. The zero-order chi connectivity index (χ0) is 14.1. The molecular weight excluding hydrogens is 273 g/mol. The van der Waals surface area contributed by atoms with E-state index in [0.717, 1.165) is 16.3 Å². The summed E-state index contributed by atoms with van der Waals surface area (Å²) in [5, 5.41) is 2.55. The lowest BCUT2D eigenvalue weighted by molar-refractivity contribution is 0.600. The Bertz CT molecular complexity index is 770. The molecule has 0 aliphatic rings. The van der Waals surface area contributed by atoms with Crippen molar-refractivity contribution in [3.63, 3.8) is 0 Å². The molecule has 0 spiro atoms. The Balaban J connectivity index is 2.20. The van der Waals surface area contributed by atoms with Gasteiger partial charge in [-0.1, -0.05) is 60.1 Å². The fraction of sp³-hybridized carbons (Fsp3) is 0.0588. The molecule has 0 aliphatic heterocycles. The number of hydrogen-bond donors (Lipinski definition) is 1. The third kappa shape index (κ3) is 2.17. The summed E-state index contributed by atoms with van der Waals surface area (Å²) in [5.41, 5.74) is 7.61. The number of hydrogen-bond acceptors (Lipinski definition) is 1. The predicted molar refractivity (Wildman–Crippen MR) is 81.4 cm³/mol. The van der Waals surface area contributed by atoms with Crippen molar-refractivity contribution in [2.24, 2.45) is 5.73 Å². The van der Waals surface area contributed by atoms with Gasteiger partial charge in [-0.3, -0.25) is 0 Å². The van der Waals surface area contributed by atoms with E-state index in [9.17, 15) is 4.39 Å². The minimum Gasteiger partial charge on any atom is -0.320 e. The first-order valence-corrected chi connectivity index (χ1v) is 6.73. The summed E-state index contributed by atoms with van der Waals surface area (Å²) in [6.45, 7) is 0. The molecule has 20 heavy (non-hydrogen) atoms. The Morgan fingerprint density at radius 3 is 2.20 bits per heavy atom. The summed E-state index contributed by atoms with van der Waals surface area (Å²) >= 11 is 6.20. The van der Waals surface area contributed by atoms with Crippen LogP contribution >= 0.6 is 11.6 Å². The first-order chi connectivity index (χ1) is 9.68. The lowest BCUT2D eigenvalue weighted by Crippen LogP contribution is -2.14. The second-order valence-electron chi connectivity index (χ2n) is 4.68. The highest BCUT2D eigenvalue weighted by atomic mass is 35.5. The molecule has 1 atom stereocenters. The van der Waals surface area contributed by atoms with Crippen LogP contribution in [0.5, 0.6) is 0 Å². The molecule has 0 saturated heterocycles. The first kappa shape index (κ1) is 13.1. The van der Waals surface area contributed by atoms with Crippen molar-refractivity contribution in [3.05, 3.63) is 82.6 Å². The van der Waals surface area contributed by atoms with Gasteiger partial charge >= 0.3 is 0 Å². The maximum absolute atomic E-state index is 13.9. The molecular formula is C17H13ClFN. The summed E-state index contributed by atoms with van der Waals surface area (Å²) in [4.78, 5) is 0. The molecule has 0 radical (unpaired) electrons. The van der Waals surface area contributed by atoms with E-state index in [2.05, 4.69) is 0 Å². The average Bonchev–Trinajstić information content (AvgIpc) is 2.48. The second kappa shape index (κ2) is 5.23. The zero-order valence-electron chi connectivity index (χ0n) is 10.7. The minimum absolute atomic E-state index is 0.293. The summed E-state index contributed by atoms with van der Waals surface area (Å²) in [7, 11) is 0.